The Bertz CT molecular complexity index is 1320. The number of benzene rings is 3. The van der Waals surface area contributed by atoms with E-state index in [-0.39, 0.29) is 12.5 Å². The molecule has 180 valence electrons. The van der Waals surface area contributed by atoms with Gasteiger partial charge >= 0.3 is 6.03 Å². The average molecular weight is 496 g/mol. The fourth-order valence-corrected chi connectivity index (χ4v) is 6.02. The second-order valence-electron chi connectivity index (χ2n) is 8.46. The Labute approximate surface area is 205 Å². The summed E-state index contributed by atoms with van der Waals surface area (Å²) >= 11 is 1.40. The molecule has 3 amide bonds. The average Bonchev–Trinajstić information content (AvgIpc) is 3.39. The van der Waals surface area contributed by atoms with Crippen molar-refractivity contribution in [1.29, 1.82) is 0 Å². The van der Waals surface area contributed by atoms with Crippen LogP contribution >= 0.6 is 11.8 Å². The lowest BCUT2D eigenvalue weighted by molar-refractivity contribution is -0.123. The zero-order valence-electron chi connectivity index (χ0n) is 19.2. The number of carbonyl (C=O) groups excluding carboxylic acids is 2. The van der Waals surface area contributed by atoms with Gasteiger partial charge in [0.05, 0.1) is 19.3 Å². The first-order valence-electron chi connectivity index (χ1n) is 11.1. The van der Waals surface area contributed by atoms with E-state index in [0.717, 1.165) is 23.3 Å². The normalized spacial score (nSPS) is 18.8. The fourth-order valence-electron chi connectivity index (χ4n) is 4.57. The minimum Gasteiger partial charge on any atom is -0.497 e. The summed E-state index contributed by atoms with van der Waals surface area (Å²) in [4.78, 5) is 29.3. The Morgan fingerprint density at radius 3 is 2.57 bits per heavy atom. The fraction of sp³-hybridized carbons (Fsp3) is 0.231. The first kappa shape index (κ1) is 23.2. The summed E-state index contributed by atoms with van der Waals surface area (Å²) in [6, 6.07) is 15.8. The van der Waals surface area contributed by atoms with Crippen LogP contribution in [0, 0.1) is 18.6 Å². The number of hydrogen-bond donors (Lipinski definition) is 1. The van der Waals surface area contributed by atoms with Gasteiger partial charge < -0.3 is 15.0 Å². The molecule has 0 bridgehead atoms. The lowest BCUT2D eigenvalue weighted by Gasteiger charge is -2.33. The van der Waals surface area contributed by atoms with E-state index in [4.69, 9.17) is 4.74 Å². The van der Waals surface area contributed by atoms with Gasteiger partial charge in [0.2, 0.25) is 0 Å². The molecule has 1 saturated heterocycles. The number of nitrogens with one attached hydrogen (secondary N) is 1. The number of anilines is 2. The topological polar surface area (TPSA) is 61.9 Å². The molecule has 0 aliphatic carbocycles. The smallest absolute Gasteiger partial charge is 0.323 e. The van der Waals surface area contributed by atoms with Crippen LogP contribution in [-0.2, 0) is 16.2 Å². The molecule has 0 saturated carbocycles. The van der Waals surface area contributed by atoms with Crippen LogP contribution < -0.4 is 15.0 Å². The molecule has 9 heteroatoms. The highest BCUT2D eigenvalue weighted by molar-refractivity contribution is 8.01. The van der Waals surface area contributed by atoms with Crippen LogP contribution in [0.2, 0.25) is 0 Å². The van der Waals surface area contributed by atoms with Gasteiger partial charge in [-0.2, -0.15) is 0 Å². The van der Waals surface area contributed by atoms with E-state index in [9.17, 15) is 18.4 Å². The van der Waals surface area contributed by atoms with Gasteiger partial charge in [0.1, 0.15) is 5.75 Å². The molecular weight excluding hydrogens is 472 g/mol. The summed E-state index contributed by atoms with van der Waals surface area (Å²) in [5, 5.41) is 2.89. The molecule has 2 aliphatic heterocycles. The number of amides is 3. The van der Waals surface area contributed by atoms with E-state index in [1.54, 1.807) is 41.2 Å². The Kier molecular flexibility index (Phi) is 5.88. The minimum atomic E-state index is -1.24. The summed E-state index contributed by atoms with van der Waals surface area (Å²) in [5.41, 5.74) is 3.36. The van der Waals surface area contributed by atoms with Crippen LogP contribution in [0.4, 0.5) is 25.0 Å². The van der Waals surface area contributed by atoms with Crippen molar-refractivity contribution in [2.24, 2.45) is 0 Å². The number of aryl methyl sites for hydroxylation is 1. The summed E-state index contributed by atoms with van der Waals surface area (Å²) in [5.74, 6) is -0.950. The molecule has 35 heavy (non-hydrogen) atoms. The second kappa shape index (κ2) is 8.88. The van der Waals surface area contributed by atoms with E-state index in [0.29, 0.717) is 35.0 Å². The van der Waals surface area contributed by atoms with Crippen molar-refractivity contribution in [1.82, 2.24) is 4.90 Å². The van der Waals surface area contributed by atoms with Crippen LogP contribution in [0.3, 0.4) is 0 Å². The first-order chi connectivity index (χ1) is 16.8. The van der Waals surface area contributed by atoms with Crippen LogP contribution in [0.5, 0.6) is 5.75 Å². The molecule has 6 nitrogen and oxygen atoms in total. The molecule has 2 aliphatic rings. The quantitative estimate of drug-likeness (QED) is 0.536. The van der Waals surface area contributed by atoms with Crippen molar-refractivity contribution < 1.29 is 23.1 Å². The molecule has 0 aromatic heterocycles. The number of halogens is 2. The van der Waals surface area contributed by atoms with Crippen molar-refractivity contribution >= 4 is 35.1 Å². The van der Waals surface area contributed by atoms with Crippen LogP contribution in [0.1, 0.15) is 16.7 Å². The number of ether oxygens (including phenoxy) is 1. The van der Waals surface area contributed by atoms with Crippen molar-refractivity contribution in [3.8, 4) is 5.75 Å². The number of thioether (sulfide) groups is 1. The Hall–Kier alpha value is -3.59. The van der Waals surface area contributed by atoms with Crippen LogP contribution in [0.15, 0.2) is 60.7 Å². The van der Waals surface area contributed by atoms with Crippen molar-refractivity contribution in [3.63, 3.8) is 0 Å². The maximum Gasteiger partial charge on any atom is 0.323 e. The van der Waals surface area contributed by atoms with Gasteiger partial charge in [0, 0.05) is 23.5 Å². The van der Waals surface area contributed by atoms with E-state index < -0.39 is 22.5 Å². The summed E-state index contributed by atoms with van der Waals surface area (Å²) in [7, 11) is 1.57. The van der Waals surface area contributed by atoms with Crippen molar-refractivity contribution in [3.05, 3.63) is 89.0 Å². The molecule has 0 radical (unpaired) electrons. The van der Waals surface area contributed by atoms with Gasteiger partial charge in [-0.1, -0.05) is 23.8 Å². The standard InChI is InChI=1S/C26H23F2N3O3S/c1-16-3-10-23-20(13-16)26(24(32)30(23)15-17-4-9-21(27)22(28)14-17)31(11-12-35-26)25(33)29-18-5-7-19(34-2)8-6-18/h3-10,13-14H,11-12,15H2,1-2H3,(H,29,33). The molecule has 2 heterocycles. The lowest BCUT2D eigenvalue weighted by atomic mass is 10.0. The second-order valence-corrected chi connectivity index (χ2v) is 9.75. The number of rotatable bonds is 4. The largest absolute Gasteiger partial charge is 0.497 e. The van der Waals surface area contributed by atoms with Crippen LogP contribution in [-0.4, -0.2) is 36.2 Å². The molecule has 1 spiro atoms. The molecule has 1 atom stereocenters. The molecule has 3 aromatic carbocycles. The van der Waals surface area contributed by atoms with E-state index in [2.05, 4.69) is 5.32 Å². The zero-order chi connectivity index (χ0) is 24.7. The number of hydrogen-bond acceptors (Lipinski definition) is 4. The molecule has 3 aromatic rings. The SMILES string of the molecule is COc1ccc(NC(=O)N2CCSC23C(=O)N(Cc2ccc(F)c(F)c2)c2ccc(C)cc23)cc1. The number of nitrogens with zero attached hydrogens (tertiary/aromatic N) is 2. The maximum atomic E-state index is 14.0. The predicted octanol–water partition coefficient (Wildman–Crippen LogP) is 5.26. The third-order valence-corrected chi connectivity index (χ3v) is 7.68. The monoisotopic (exact) mass is 495 g/mol. The minimum absolute atomic E-state index is 0.0579. The number of carbonyl (C=O) groups is 2. The van der Waals surface area contributed by atoms with Gasteiger partial charge in [-0.25, -0.2) is 13.6 Å². The van der Waals surface area contributed by atoms with Gasteiger partial charge in [0.25, 0.3) is 5.91 Å². The van der Waals surface area contributed by atoms with Gasteiger partial charge in [-0.15, -0.1) is 11.8 Å². The molecule has 1 fully saturated rings. The number of urea groups is 1. The van der Waals surface area contributed by atoms with Crippen LogP contribution in [0.25, 0.3) is 0 Å². The van der Waals surface area contributed by atoms with Crippen molar-refractivity contribution in [2.75, 3.05) is 29.6 Å². The lowest BCUT2D eigenvalue weighted by Crippen LogP contribution is -2.51. The van der Waals surface area contributed by atoms with Gasteiger partial charge in [-0.3, -0.25) is 9.69 Å². The van der Waals surface area contributed by atoms with E-state index in [1.165, 1.54) is 17.8 Å². The molecular formula is C26H23F2N3O3S. The summed E-state index contributed by atoms with van der Waals surface area (Å²) in [6.45, 7) is 2.37. The molecule has 5 rings (SSSR count). The Balaban J connectivity index is 1.50. The third kappa shape index (κ3) is 3.89. The highest BCUT2D eigenvalue weighted by atomic mass is 32.2. The predicted molar refractivity (Wildman–Crippen MR) is 132 cm³/mol. The van der Waals surface area contributed by atoms with E-state index in [1.807, 2.05) is 25.1 Å². The maximum absolute atomic E-state index is 14.0. The summed E-state index contributed by atoms with van der Waals surface area (Å²) < 4.78 is 32.5. The first-order valence-corrected chi connectivity index (χ1v) is 12.1. The third-order valence-electron chi connectivity index (χ3n) is 6.26. The highest BCUT2D eigenvalue weighted by Crippen LogP contribution is 2.54. The Morgan fingerprint density at radius 1 is 1.09 bits per heavy atom. The van der Waals surface area contributed by atoms with Gasteiger partial charge in [-0.05, 0) is 55.0 Å². The summed E-state index contributed by atoms with van der Waals surface area (Å²) in [6.07, 6.45) is 0. The highest BCUT2D eigenvalue weighted by Gasteiger charge is 2.59. The zero-order valence-corrected chi connectivity index (χ0v) is 20.0. The molecule has 1 N–H and O–H groups in total. The number of methoxy groups -OCH3 is 1. The molecule has 1 unspecified atom stereocenters. The Morgan fingerprint density at radius 2 is 1.86 bits per heavy atom. The van der Waals surface area contributed by atoms with Crippen molar-refractivity contribution in [2.45, 2.75) is 18.3 Å². The number of fused-ring (bicyclic) bond motifs is 2. The van der Waals surface area contributed by atoms with E-state index >= 15 is 0 Å². The van der Waals surface area contributed by atoms with Gasteiger partial charge in [0.15, 0.2) is 16.5 Å².